The number of carbonyl (C=O) groups excluding carboxylic acids is 2. The van der Waals surface area contributed by atoms with E-state index in [-0.39, 0.29) is 6.61 Å². The molecule has 0 saturated heterocycles. The highest BCUT2D eigenvalue weighted by molar-refractivity contribution is 6.53. The van der Waals surface area contributed by atoms with Crippen molar-refractivity contribution in [3.8, 4) is 22.5 Å². The SMILES string of the molecule is Cc1ccnc2c1C(=O)C(=O)c1c-2ncc(-c2cccc(CO)c2)c1C. The first kappa shape index (κ1) is 16.3. The van der Waals surface area contributed by atoms with Crippen LogP contribution in [0.2, 0.25) is 0 Å². The molecule has 0 amide bonds. The van der Waals surface area contributed by atoms with Gasteiger partial charge in [-0.15, -0.1) is 0 Å². The average molecular weight is 344 g/mol. The number of hydrogen-bond acceptors (Lipinski definition) is 5. The monoisotopic (exact) mass is 344 g/mol. The number of benzene rings is 1. The minimum Gasteiger partial charge on any atom is -0.392 e. The van der Waals surface area contributed by atoms with Crippen LogP contribution >= 0.6 is 0 Å². The van der Waals surface area contributed by atoms with E-state index >= 15 is 0 Å². The number of nitrogens with zero attached hydrogens (tertiary/aromatic N) is 2. The predicted molar refractivity (Wildman–Crippen MR) is 97.0 cm³/mol. The summed E-state index contributed by atoms with van der Waals surface area (Å²) in [6.07, 6.45) is 3.32. The molecular formula is C21H16N2O3. The van der Waals surface area contributed by atoms with Crippen molar-refractivity contribution >= 4 is 11.6 Å². The lowest BCUT2D eigenvalue weighted by molar-refractivity contribution is 0.0814. The molecule has 4 rings (SSSR count). The summed E-state index contributed by atoms with van der Waals surface area (Å²) in [5.41, 5.74) is 5.35. The molecule has 5 heteroatoms. The number of hydrogen-bond donors (Lipinski definition) is 1. The first-order valence-corrected chi connectivity index (χ1v) is 8.27. The summed E-state index contributed by atoms with van der Waals surface area (Å²) in [6.45, 7) is 3.53. The molecule has 0 saturated carbocycles. The van der Waals surface area contributed by atoms with E-state index in [1.54, 1.807) is 25.4 Å². The van der Waals surface area contributed by atoms with Crippen molar-refractivity contribution in [2.45, 2.75) is 20.5 Å². The van der Waals surface area contributed by atoms with E-state index in [2.05, 4.69) is 9.97 Å². The molecule has 0 unspecified atom stereocenters. The molecule has 1 aliphatic rings. The van der Waals surface area contributed by atoms with Gasteiger partial charge >= 0.3 is 0 Å². The van der Waals surface area contributed by atoms with Crippen molar-refractivity contribution in [3.05, 3.63) is 70.5 Å². The number of aromatic nitrogens is 2. The van der Waals surface area contributed by atoms with Gasteiger partial charge in [0.1, 0.15) is 11.4 Å². The molecule has 3 aromatic rings. The predicted octanol–water partition coefficient (Wildman–Crippen LogP) is 3.30. The van der Waals surface area contributed by atoms with Crippen LogP contribution in [0.25, 0.3) is 22.5 Å². The third-order valence-corrected chi connectivity index (χ3v) is 4.80. The van der Waals surface area contributed by atoms with Crippen LogP contribution in [0.5, 0.6) is 0 Å². The van der Waals surface area contributed by atoms with Crippen molar-refractivity contribution in [2.24, 2.45) is 0 Å². The molecular weight excluding hydrogens is 328 g/mol. The maximum atomic E-state index is 12.8. The van der Waals surface area contributed by atoms with Gasteiger partial charge in [-0.1, -0.05) is 18.2 Å². The fourth-order valence-corrected chi connectivity index (χ4v) is 3.44. The molecule has 0 spiro atoms. The van der Waals surface area contributed by atoms with Crippen LogP contribution in [0.1, 0.15) is 37.4 Å². The van der Waals surface area contributed by atoms with E-state index < -0.39 is 11.6 Å². The molecule has 0 radical (unpaired) electrons. The van der Waals surface area contributed by atoms with Gasteiger partial charge in [0.2, 0.25) is 11.6 Å². The second kappa shape index (κ2) is 5.97. The first-order valence-electron chi connectivity index (χ1n) is 8.27. The summed E-state index contributed by atoms with van der Waals surface area (Å²) >= 11 is 0. The lowest BCUT2D eigenvalue weighted by Crippen LogP contribution is -2.25. The Bertz CT molecular complexity index is 1090. The molecule has 1 aromatic carbocycles. The summed E-state index contributed by atoms with van der Waals surface area (Å²) in [6, 6.07) is 9.12. The Kier molecular flexibility index (Phi) is 3.74. The molecule has 26 heavy (non-hydrogen) atoms. The summed E-state index contributed by atoms with van der Waals surface area (Å²) in [5, 5.41) is 9.36. The topological polar surface area (TPSA) is 80.2 Å². The fraction of sp³-hybridized carbons (Fsp3) is 0.143. The molecule has 5 nitrogen and oxygen atoms in total. The second-order valence-corrected chi connectivity index (χ2v) is 6.39. The minimum absolute atomic E-state index is 0.0702. The summed E-state index contributed by atoms with van der Waals surface area (Å²) in [4.78, 5) is 34.2. The minimum atomic E-state index is -0.547. The maximum absolute atomic E-state index is 12.8. The van der Waals surface area contributed by atoms with Gasteiger partial charge in [-0.2, -0.15) is 0 Å². The van der Waals surface area contributed by atoms with Crippen LogP contribution < -0.4 is 0 Å². The van der Waals surface area contributed by atoms with E-state index in [4.69, 9.17) is 0 Å². The Labute approximate surface area is 150 Å². The quantitative estimate of drug-likeness (QED) is 0.722. The average Bonchev–Trinajstić information content (AvgIpc) is 2.65. The van der Waals surface area contributed by atoms with Crippen LogP contribution in [0.15, 0.2) is 42.7 Å². The van der Waals surface area contributed by atoms with E-state index in [9.17, 15) is 14.7 Å². The Balaban J connectivity index is 1.99. The number of fused-ring (bicyclic) bond motifs is 3. The van der Waals surface area contributed by atoms with Crippen LogP contribution in [0.3, 0.4) is 0 Å². The number of ketones is 2. The number of aryl methyl sites for hydroxylation is 1. The van der Waals surface area contributed by atoms with Gasteiger partial charge in [0.05, 0.1) is 17.7 Å². The Morgan fingerprint density at radius 3 is 2.46 bits per heavy atom. The Morgan fingerprint density at radius 1 is 0.962 bits per heavy atom. The van der Waals surface area contributed by atoms with Gasteiger partial charge in [-0.25, -0.2) is 0 Å². The van der Waals surface area contributed by atoms with Gasteiger partial charge < -0.3 is 5.11 Å². The van der Waals surface area contributed by atoms with Crippen LogP contribution in [-0.4, -0.2) is 26.6 Å². The summed E-state index contributed by atoms with van der Waals surface area (Å²) in [5.74, 6) is -1.09. The second-order valence-electron chi connectivity index (χ2n) is 6.39. The molecule has 0 bridgehead atoms. The molecule has 2 heterocycles. The zero-order valence-electron chi connectivity index (χ0n) is 14.4. The highest BCUT2D eigenvalue weighted by Gasteiger charge is 2.35. The number of aliphatic hydroxyl groups excluding tert-OH is 1. The lowest BCUT2D eigenvalue weighted by Gasteiger charge is -2.21. The summed E-state index contributed by atoms with van der Waals surface area (Å²) < 4.78 is 0. The van der Waals surface area contributed by atoms with E-state index in [1.807, 2.05) is 31.2 Å². The van der Waals surface area contributed by atoms with Gasteiger partial charge in [0, 0.05) is 18.0 Å². The number of rotatable bonds is 2. The highest BCUT2D eigenvalue weighted by Crippen LogP contribution is 2.37. The third-order valence-electron chi connectivity index (χ3n) is 4.80. The number of aliphatic hydroxyl groups is 1. The molecule has 1 N–H and O–H groups in total. The van der Waals surface area contributed by atoms with Crippen LogP contribution in [0.4, 0.5) is 0 Å². The largest absolute Gasteiger partial charge is 0.392 e. The van der Waals surface area contributed by atoms with E-state index in [0.717, 1.165) is 22.3 Å². The smallest absolute Gasteiger partial charge is 0.236 e. The highest BCUT2D eigenvalue weighted by atomic mass is 16.3. The van der Waals surface area contributed by atoms with Gasteiger partial charge in [0.25, 0.3) is 0 Å². The Hall–Kier alpha value is -3.18. The number of Topliss-reactive ketones (excluding diaryl/α,β-unsaturated/α-hetero) is 2. The van der Waals surface area contributed by atoms with Crippen molar-refractivity contribution in [3.63, 3.8) is 0 Å². The maximum Gasteiger partial charge on any atom is 0.236 e. The van der Waals surface area contributed by atoms with E-state index in [1.165, 1.54) is 0 Å². The molecule has 128 valence electrons. The summed E-state index contributed by atoms with van der Waals surface area (Å²) in [7, 11) is 0. The Morgan fingerprint density at radius 2 is 1.69 bits per heavy atom. The third kappa shape index (κ3) is 2.29. The number of carbonyl (C=O) groups is 2. The number of pyridine rings is 2. The van der Waals surface area contributed by atoms with Gasteiger partial charge in [-0.05, 0) is 48.2 Å². The molecule has 0 aliphatic heterocycles. The van der Waals surface area contributed by atoms with Crippen molar-refractivity contribution in [1.82, 2.24) is 9.97 Å². The van der Waals surface area contributed by atoms with Gasteiger partial charge in [-0.3, -0.25) is 19.6 Å². The van der Waals surface area contributed by atoms with Gasteiger partial charge in [0.15, 0.2) is 0 Å². The van der Waals surface area contributed by atoms with Crippen LogP contribution in [-0.2, 0) is 6.61 Å². The van der Waals surface area contributed by atoms with E-state index in [0.29, 0.717) is 28.1 Å². The first-order chi connectivity index (χ1) is 12.5. The molecule has 0 fully saturated rings. The fourth-order valence-electron chi connectivity index (χ4n) is 3.44. The van der Waals surface area contributed by atoms with Crippen molar-refractivity contribution in [1.29, 1.82) is 0 Å². The molecule has 2 aromatic heterocycles. The molecule has 0 atom stereocenters. The van der Waals surface area contributed by atoms with Crippen molar-refractivity contribution < 1.29 is 14.7 Å². The lowest BCUT2D eigenvalue weighted by atomic mass is 9.84. The standard InChI is InChI=1S/C21H16N2O3/c1-11-6-7-22-18-16(11)20(25)21(26)17-12(2)15(9-23-19(17)18)14-5-3-4-13(8-14)10-24/h3-9,24H,10H2,1-2H3. The molecule has 1 aliphatic carbocycles. The zero-order chi connectivity index (χ0) is 18.4. The normalized spacial score (nSPS) is 12.7. The van der Waals surface area contributed by atoms with Crippen molar-refractivity contribution in [2.75, 3.05) is 0 Å². The van der Waals surface area contributed by atoms with Crippen LogP contribution in [0, 0.1) is 13.8 Å². The zero-order valence-corrected chi connectivity index (χ0v) is 14.4.